The first kappa shape index (κ1) is 14.1. The van der Waals surface area contributed by atoms with Gasteiger partial charge < -0.3 is 5.32 Å². The van der Waals surface area contributed by atoms with Gasteiger partial charge in [-0.1, -0.05) is 23.2 Å². The van der Waals surface area contributed by atoms with E-state index in [4.69, 9.17) is 23.2 Å². The maximum Gasteiger partial charge on any atom is 0.142 e. The van der Waals surface area contributed by atoms with Crippen LogP contribution in [0.25, 0.3) is 0 Å². The molecule has 16 heavy (non-hydrogen) atoms. The summed E-state index contributed by atoms with van der Waals surface area (Å²) in [6, 6.07) is 2.86. The fourth-order valence-electron chi connectivity index (χ4n) is 1.36. The second-order valence-corrected chi connectivity index (χ2v) is 5.26. The number of hydrogen-bond donors (Lipinski definition) is 1. The molecule has 0 radical (unpaired) electrons. The van der Waals surface area contributed by atoms with Crippen LogP contribution in [-0.4, -0.2) is 18.6 Å². The van der Waals surface area contributed by atoms with Gasteiger partial charge in [0.2, 0.25) is 0 Å². The molecule has 1 nitrogen and oxygen atoms in total. The quantitative estimate of drug-likeness (QED) is 0.643. The number of benzene rings is 1. The van der Waals surface area contributed by atoms with Crippen LogP contribution in [0.15, 0.2) is 12.1 Å². The highest BCUT2D eigenvalue weighted by molar-refractivity contribution is 7.98. The van der Waals surface area contributed by atoms with Crippen molar-refractivity contribution in [3.8, 4) is 0 Å². The first-order chi connectivity index (χ1) is 7.56. The van der Waals surface area contributed by atoms with Crippen molar-refractivity contribution in [3.63, 3.8) is 0 Å². The van der Waals surface area contributed by atoms with Crippen molar-refractivity contribution in [2.24, 2.45) is 0 Å². The van der Waals surface area contributed by atoms with Gasteiger partial charge in [0.1, 0.15) is 5.82 Å². The molecule has 0 spiro atoms. The Morgan fingerprint density at radius 1 is 1.38 bits per heavy atom. The van der Waals surface area contributed by atoms with Gasteiger partial charge in [0.15, 0.2) is 0 Å². The van der Waals surface area contributed by atoms with E-state index in [0.717, 1.165) is 17.9 Å². The minimum Gasteiger partial charge on any atom is -0.309 e. The normalized spacial score (nSPS) is 12.8. The van der Waals surface area contributed by atoms with Crippen LogP contribution in [0.1, 0.15) is 18.5 Å². The van der Waals surface area contributed by atoms with Gasteiger partial charge >= 0.3 is 0 Å². The highest BCUT2D eigenvalue weighted by atomic mass is 35.5. The second-order valence-electron chi connectivity index (χ2n) is 3.46. The summed E-state index contributed by atoms with van der Waals surface area (Å²) in [7, 11) is 0. The Morgan fingerprint density at radius 3 is 2.69 bits per heavy atom. The standard InChI is InChI=1S/C11H14Cl2FNS/c1-7(15-3-4-16-2)8-5-11(14)10(13)6-9(8)12/h5-7,15H,3-4H2,1-2H3. The van der Waals surface area contributed by atoms with Crippen LogP contribution >= 0.6 is 35.0 Å². The highest BCUT2D eigenvalue weighted by Gasteiger charge is 2.12. The third-order valence-corrected chi connectivity index (χ3v) is 3.49. The van der Waals surface area contributed by atoms with E-state index in [9.17, 15) is 4.39 Å². The summed E-state index contributed by atoms with van der Waals surface area (Å²) in [5, 5.41) is 3.83. The number of rotatable bonds is 5. The molecule has 0 amide bonds. The fraction of sp³-hybridized carbons (Fsp3) is 0.455. The molecule has 0 aromatic heterocycles. The molecule has 1 aromatic rings. The molecular weight excluding hydrogens is 268 g/mol. The molecule has 1 unspecified atom stereocenters. The van der Waals surface area contributed by atoms with E-state index < -0.39 is 5.82 Å². The number of nitrogens with one attached hydrogen (secondary N) is 1. The minimum absolute atomic E-state index is 0.0198. The van der Waals surface area contributed by atoms with Crippen LogP contribution in [0.2, 0.25) is 10.0 Å². The van der Waals surface area contributed by atoms with Crippen LogP contribution in [0, 0.1) is 5.82 Å². The van der Waals surface area contributed by atoms with Crippen LogP contribution in [0.3, 0.4) is 0 Å². The van der Waals surface area contributed by atoms with Gasteiger partial charge in [-0.15, -0.1) is 0 Å². The first-order valence-electron chi connectivity index (χ1n) is 4.93. The number of thioether (sulfide) groups is 1. The average Bonchev–Trinajstić information content (AvgIpc) is 2.23. The molecule has 0 fully saturated rings. The van der Waals surface area contributed by atoms with Crippen molar-refractivity contribution in [3.05, 3.63) is 33.6 Å². The van der Waals surface area contributed by atoms with Crippen molar-refractivity contribution < 1.29 is 4.39 Å². The molecule has 0 aliphatic heterocycles. The summed E-state index contributed by atoms with van der Waals surface area (Å²) in [5.41, 5.74) is 0.740. The Morgan fingerprint density at radius 2 is 2.06 bits per heavy atom. The summed E-state index contributed by atoms with van der Waals surface area (Å²) in [4.78, 5) is 0. The summed E-state index contributed by atoms with van der Waals surface area (Å²) in [6.45, 7) is 2.82. The van der Waals surface area contributed by atoms with E-state index >= 15 is 0 Å². The van der Waals surface area contributed by atoms with Crippen LogP contribution in [0.4, 0.5) is 4.39 Å². The first-order valence-corrected chi connectivity index (χ1v) is 7.08. The van der Waals surface area contributed by atoms with E-state index in [2.05, 4.69) is 5.32 Å². The van der Waals surface area contributed by atoms with Gasteiger partial charge in [0.25, 0.3) is 0 Å². The molecule has 0 bridgehead atoms. The number of halogens is 3. The summed E-state index contributed by atoms with van der Waals surface area (Å²) >= 11 is 13.4. The van der Waals surface area contributed by atoms with Crippen LogP contribution in [-0.2, 0) is 0 Å². The van der Waals surface area contributed by atoms with Gasteiger partial charge in [0.05, 0.1) is 5.02 Å². The highest BCUT2D eigenvalue weighted by Crippen LogP contribution is 2.28. The van der Waals surface area contributed by atoms with Crippen LogP contribution in [0.5, 0.6) is 0 Å². The van der Waals surface area contributed by atoms with E-state index in [1.54, 1.807) is 11.8 Å². The van der Waals surface area contributed by atoms with E-state index in [1.807, 2.05) is 13.2 Å². The fourth-order valence-corrected chi connectivity index (χ4v) is 2.23. The lowest BCUT2D eigenvalue weighted by Gasteiger charge is -2.15. The lowest BCUT2D eigenvalue weighted by atomic mass is 10.1. The van der Waals surface area contributed by atoms with Crippen LogP contribution < -0.4 is 5.32 Å². The third-order valence-electron chi connectivity index (χ3n) is 2.26. The molecule has 0 saturated carbocycles. The maximum atomic E-state index is 13.3. The Kier molecular flexibility index (Phi) is 5.90. The average molecular weight is 282 g/mol. The molecule has 0 aliphatic rings. The van der Waals surface area contributed by atoms with Crippen molar-refractivity contribution in [1.82, 2.24) is 5.32 Å². The van der Waals surface area contributed by atoms with E-state index in [-0.39, 0.29) is 11.1 Å². The molecule has 0 saturated heterocycles. The van der Waals surface area contributed by atoms with Gasteiger partial charge in [-0.3, -0.25) is 0 Å². The predicted molar refractivity (Wildman–Crippen MR) is 71.2 cm³/mol. The molecular formula is C11H14Cl2FNS. The molecule has 0 aliphatic carbocycles. The largest absolute Gasteiger partial charge is 0.309 e. The summed E-state index contributed by atoms with van der Waals surface area (Å²) in [6.07, 6.45) is 2.04. The zero-order valence-electron chi connectivity index (χ0n) is 9.19. The molecule has 1 rings (SSSR count). The molecule has 1 N–H and O–H groups in total. The lowest BCUT2D eigenvalue weighted by molar-refractivity contribution is 0.585. The van der Waals surface area contributed by atoms with Gasteiger partial charge in [0, 0.05) is 23.4 Å². The third kappa shape index (κ3) is 3.81. The van der Waals surface area contributed by atoms with Gasteiger partial charge in [-0.2, -0.15) is 11.8 Å². The second kappa shape index (κ2) is 6.70. The zero-order valence-corrected chi connectivity index (χ0v) is 11.5. The van der Waals surface area contributed by atoms with Crippen molar-refractivity contribution >= 4 is 35.0 Å². The molecule has 90 valence electrons. The number of hydrogen-bond acceptors (Lipinski definition) is 2. The maximum absolute atomic E-state index is 13.3. The Bertz CT molecular complexity index is 360. The summed E-state index contributed by atoms with van der Waals surface area (Å²) < 4.78 is 13.3. The molecule has 1 aromatic carbocycles. The Hall–Kier alpha value is 0.0400. The molecule has 5 heteroatoms. The van der Waals surface area contributed by atoms with Crippen molar-refractivity contribution in [2.75, 3.05) is 18.6 Å². The predicted octanol–water partition coefficient (Wildman–Crippen LogP) is 4.15. The molecule has 0 heterocycles. The van der Waals surface area contributed by atoms with E-state index in [1.165, 1.54) is 12.1 Å². The monoisotopic (exact) mass is 281 g/mol. The van der Waals surface area contributed by atoms with Gasteiger partial charge in [-0.25, -0.2) is 4.39 Å². The zero-order chi connectivity index (χ0) is 12.1. The lowest BCUT2D eigenvalue weighted by Crippen LogP contribution is -2.21. The van der Waals surface area contributed by atoms with E-state index in [0.29, 0.717) is 5.02 Å². The topological polar surface area (TPSA) is 12.0 Å². The smallest absolute Gasteiger partial charge is 0.142 e. The Labute approximate surface area is 110 Å². The molecule has 1 atom stereocenters. The SMILES string of the molecule is CSCCNC(C)c1cc(F)c(Cl)cc1Cl. The van der Waals surface area contributed by atoms with Crippen molar-refractivity contribution in [2.45, 2.75) is 13.0 Å². The van der Waals surface area contributed by atoms with Crippen molar-refractivity contribution in [1.29, 1.82) is 0 Å². The minimum atomic E-state index is -0.431. The Balaban J connectivity index is 2.75. The summed E-state index contributed by atoms with van der Waals surface area (Å²) in [5.74, 6) is 0.581. The van der Waals surface area contributed by atoms with Gasteiger partial charge in [-0.05, 0) is 30.9 Å².